The summed E-state index contributed by atoms with van der Waals surface area (Å²) in [6.45, 7) is 1.58. The Kier molecular flexibility index (Phi) is 6.71. The van der Waals surface area contributed by atoms with Gasteiger partial charge in [-0.3, -0.25) is 4.98 Å². The molecular weight excluding hydrogens is 420 g/mol. The Bertz CT molecular complexity index is 1250. The Balaban J connectivity index is 1.24. The maximum Gasteiger partial charge on any atom is 0.319 e. The van der Waals surface area contributed by atoms with Crippen LogP contribution in [0.5, 0.6) is 0 Å². The highest BCUT2D eigenvalue weighted by molar-refractivity contribution is 6.01. The van der Waals surface area contributed by atoms with E-state index in [2.05, 4.69) is 75.1 Å². The van der Waals surface area contributed by atoms with Gasteiger partial charge in [0.1, 0.15) is 0 Å². The molecule has 5 heteroatoms. The molecule has 2 heterocycles. The summed E-state index contributed by atoms with van der Waals surface area (Å²) < 4.78 is 0. The van der Waals surface area contributed by atoms with Crippen molar-refractivity contribution in [3.63, 3.8) is 0 Å². The van der Waals surface area contributed by atoms with Crippen molar-refractivity contribution in [1.29, 1.82) is 0 Å². The van der Waals surface area contributed by atoms with E-state index >= 15 is 0 Å². The van der Waals surface area contributed by atoms with Gasteiger partial charge in [-0.1, -0.05) is 60.7 Å². The third kappa shape index (κ3) is 5.04. The predicted molar refractivity (Wildman–Crippen MR) is 139 cm³/mol. The molecule has 34 heavy (non-hydrogen) atoms. The first-order valence-corrected chi connectivity index (χ1v) is 12.0. The largest absolute Gasteiger partial charge is 0.367 e. The minimum Gasteiger partial charge on any atom is -0.367 e. The number of rotatable bonds is 7. The van der Waals surface area contributed by atoms with E-state index in [1.54, 1.807) is 6.20 Å². The van der Waals surface area contributed by atoms with E-state index in [-0.39, 0.29) is 12.1 Å². The van der Waals surface area contributed by atoms with Gasteiger partial charge >= 0.3 is 6.03 Å². The van der Waals surface area contributed by atoms with E-state index in [1.807, 2.05) is 30.5 Å². The fraction of sp³-hybridized carbons (Fsp3) is 0.241. The molecule has 0 radical (unpaired) electrons. The topological polar surface area (TPSA) is 57.3 Å². The van der Waals surface area contributed by atoms with Crippen LogP contribution >= 0.6 is 0 Å². The molecule has 0 spiro atoms. The third-order valence-electron chi connectivity index (χ3n) is 6.62. The number of nitrogens with one attached hydrogen (secondary N) is 2. The van der Waals surface area contributed by atoms with Crippen LogP contribution in [0.25, 0.3) is 10.8 Å². The van der Waals surface area contributed by atoms with Crippen molar-refractivity contribution in [3.05, 3.63) is 102 Å². The number of para-hydroxylation sites is 1. The molecule has 0 aliphatic carbocycles. The first-order chi connectivity index (χ1) is 16.8. The zero-order valence-corrected chi connectivity index (χ0v) is 19.3. The Morgan fingerprint density at radius 1 is 0.971 bits per heavy atom. The summed E-state index contributed by atoms with van der Waals surface area (Å²) in [6, 6.07) is 27.2. The fourth-order valence-electron chi connectivity index (χ4n) is 4.90. The van der Waals surface area contributed by atoms with Gasteiger partial charge in [-0.15, -0.1) is 0 Å². The molecule has 1 unspecified atom stereocenters. The number of hydrogen-bond acceptors (Lipinski definition) is 3. The number of carbonyl (C=O) groups is 1. The van der Waals surface area contributed by atoms with Crippen LogP contribution in [-0.2, 0) is 12.8 Å². The number of aromatic nitrogens is 1. The molecule has 172 valence electrons. The molecule has 5 rings (SSSR count). The van der Waals surface area contributed by atoms with Crippen LogP contribution in [0.4, 0.5) is 16.2 Å². The Morgan fingerprint density at radius 2 is 1.82 bits per heavy atom. The van der Waals surface area contributed by atoms with E-state index in [0.717, 1.165) is 48.7 Å². The number of urea groups is 1. The summed E-state index contributed by atoms with van der Waals surface area (Å²) in [5.74, 6) is 0. The van der Waals surface area contributed by atoms with Crippen LogP contribution in [-0.4, -0.2) is 30.1 Å². The lowest BCUT2D eigenvalue weighted by atomic mass is 9.95. The molecule has 5 nitrogen and oxygen atoms in total. The van der Waals surface area contributed by atoms with Gasteiger partial charge in [0.25, 0.3) is 0 Å². The summed E-state index contributed by atoms with van der Waals surface area (Å²) in [6.07, 6.45) is 7.75. The molecule has 0 saturated carbocycles. The molecule has 1 atom stereocenters. The van der Waals surface area contributed by atoms with E-state index < -0.39 is 0 Å². The standard InChI is InChI=1S/C29H30N4O/c34-29(32-27-13-6-12-24-20-30-18-17-26(24)27)31-21-25-16-15-23-11-4-5-14-28(23)33(25)19-7-10-22-8-2-1-3-9-22/h1-6,8-9,11-14,17-18,20,25H,7,10,15-16,19,21H2,(H2,31,32,34). The summed E-state index contributed by atoms with van der Waals surface area (Å²) in [7, 11) is 0. The highest BCUT2D eigenvalue weighted by atomic mass is 16.2. The smallest absolute Gasteiger partial charge is 0.319 e. The van der Waals surface area contributed by atoms with Gasteiger partial charge in [0.05, 0.1) is 5.69 Å². The van der Waals surface area contributed by atoms with Gasteiger partial charge in [0.2, 0.25) is 0 Å². The Hall–Kier alpha value is -3.86. The lowest BCUT2D eigenvalue weighted by Gasteiger charge is -2.39. The lowest BCUT2D eigenvalue weighted by molar-refractivity contribution is 0.251. The van der Waals surface area contributed by atoms with Crippen LogP contribution in [0.2, 0.25) is 0 Å². The molecular formula is C29H30N4O. The van der Waals surface area contributed by atoms with Crippen molar-refractivity contribution in [3.8, 4) is 0 Å². The van der Waals surface area contributed by atoms with Gasteiger partial charge < -0.3 is 15.5 Å². The second-order valence-corrected chi connectivity index (χ2v) is 8.84. The quantitative estimate of drug-likeness (QED) is 0.374. The van der Waals surface area contributed by atoms with Crippen molar-refractivity contribution in [2.24, 2.45) is 0 Å². The number of aryl methyl sites for hydroxylation is 2. The Morgan fingerprint density at radius 3 is 2.74 bits per heavy atom. The molecule has 4 aromatic rings. The SMILES string of the molecule is O=C(NCC1CCc2ccccc2N1CCCc1ccccc1)Nc1cccc2cnccc12. The number of nitrogens with zero attached hydrogens (tertiary/aromatic N) is 2. The fourth-order valence-corrected chi connectivity index (χ4v) is 4.90. The highest BCUT2D eigenvalue weighted by Gasteiger charge is 2.26. The zero-order valence-electron chi connectivity index (χ0n) is 19.3. The molecule has 2 N–H and O–H groups in total. The molecule has 0 fully saturated rings. The van der Waals surface area contributed by atoms with Crippen LogP contribution < -0.4 is 15.5 Å². The first kappa shape index (κ1) is 22.0. The van der Waals surface area contributed by atoms with E-state index in [9.17, 15) is 4.79 Å². The van der Waals surface area contributed by atoms with Crippen LogP contribution in [0.1, 0.15) is 24.0 Å². The van der Waals surface area contributed by atoms with E-state index in [0.29, 0.717) is 6.54 Å². The average Bonchev–Trinajstić information content (AvgIpc) is 2.89. The summed E-state index contributed by atoms with van der Waals surface area (Å²) >= 11 is 0. The lowest BCUT2D eigenvalue weighted by Crippen LogP contribution is -2.48. The molecule has 1 aromatic heterocycles. The summed E-state index contributed by atoms with van der Waals surface area (Å²) in [5.41, 5.74) is 4.86. The van der Waals surface area contributed by atoms with Gasteiger partial charge in [0.15, 0.2) is 0 Å². The van der Waals surface area contributed by atoms with Crippen LogP contribution in [0.3, 0.4) is 0 Å². The van der Waals surface area contributed by atoms with Gasteiger partial charge in [-0.2, -0.15) is 0 Å². The van der Waals surface area contributed by atoms with Gasteiger partial charge in [0, 0.05) is 48.0 Å². The maximum atomic E-state index is 12.8. The van der Waals surface area contributed by atoms with Crippen molar-refractivity contribution in [1.82, 2.24) is 10.3 Å². The van der Waals surface area contributed by atoms with E-state index in [1.165, 1.54) is 16.8 Å². The number of amides is 2. The number of hydrogen-bond donors (Lipinski definition) is 2. The second-order valence-electron chi connectivity index (χ2n) is 8.84. The molecule has 0 bridgehead atoms. The number of anilines is 2. The number of fused-ring (bicyclic) bond motifs is 2. The summed E-state index contributed by atoms with van der Waals surface area (Å²) in [4.78, 5) is 19.5. The minimum atomic E-state index is -0.174. The maximum absolute atomic E-state index is 12.8. The second kappa shape index (κ2) is 10.4. The highest BCUT2D eigenvalue weighted by Crippen LogP contribution is 2.31. The minimum absolute atomic E-state index is 0.174. The zero-order chi connectivity index (χ0) is 23.2. The van der Waals surface area contributed by atoms with Crippen molar-refractivity contribution in [2.45, 2.75) is 31.7 Å². The third-order valence-corrected chi connectivity index (χ3v) is 6.62. The van der Waals surface area contributed by atoms with Crippen molar-refractivity contribution in [2.75, 3.05) is 23.3 Å². The molecule has 3 aromatic carbocycles. The number of pyridine rings is 1. The molecule has 2 amide bonds. The molecule has 0 saturated heterocycles. The molecule has 1 aliphatic rings. The number of benzene rings is 3. The van der Waals surface area contributed by atoms with Crippen molar-refractivity contribution < 1.29 is 4.79 Å². The Labute approximate surface area is 200 Å². The van der Waals surface area contributed by atoms with E-state index in [4.69, 9.17) is 0 Å². The van der Waals surface area contributed by atoms with Crippen LogP contribution in [0.15, 0.2) is 91.3 Å². The van der Waals surface area contributed by atoms with Crippen LogP contribution in [0, 0.1) is 0 Å². The summed E-state index contributed by atoms with van der Waals surface area (Å²) in [5, 5.41) is 8.15. The normalized spacial score (nSPS) is 15.1. The predicted octanol–water partition coefficient (Wildman–Crippen LogP) is 5.81. The van der Waals surface area contributed by atoms with Crippen molar-refractivity contribution >= 4 is 28.2 Å². The van der Waals surface area contributed by atoms with Gasteiger partial charge in [-0.25, -0.2) is 4.79 Å². The number of carbonyl (C=O) groups excluding carboxylic acids is 1. The molecule has 1 aliphatic heterocycles. The monoisotopic (exact) mass is 450 g/mol. The van der Waals surface area contributed by atoms with Gasteiger partial charge in [-0.05, 0) is 55.0 Å². The first-order valence-electron chi connectivity index (χ1n) is 12.0. The average molecular weight is 451 g/mol.